The van der Waals surface area contributed by atoms with Gasteiger partial charge in [-0.25, -0.2) is 26.3 Å². The van der Waals surface area contributed by atoms with Crippen molar-refractivity contribution in [2.75, 3.05) is 0 Å². The molecule has 0 nitrogen and oxygen atoms in total. The van der Waals surface area contributed by atoms with Crippen LogP contribution in [0.4, 0.5) is 43.9 Å². The predicted octanol–water partition coefficient (Wildman–Crippen LogP) is 4.55. The van der Waals surface area contributed by atoms with Crippen LogP contribution in [0.5, 0.6) is 0 Å². The normalized spacial score (nSPS) is 13.6. The molecule has 0 aliphatic rings. The molecule has 1 rings (SSSR count). The first-order chi connectivity index (χ1) is 8.50. The fourth-order valence-electron chi connectivity index (χ4n) is 1.03. The summed E-state index contributed by atoms with van der Waals surface area (Å²) in [5, 5.41) is 0. The topological polar surface area (TPSA) is 0 Å². The van der Waals surface area contributed by atoms with E-state index in [0.29, 0.717) is 0 Å². The first-order valence-electron chi connectivity index (χ1n) is 4.14. The summed E-state index contributed by atoms with van der Waals surface area (Å²) in [5.74, 6) is -20.8. The Morgan fingerprint density at radius 1 is 0.632 bits per heavy atom. The van der Waals surface area contributed by atoms with Crippen molar-refractivity contribution in [3.05, 3.63) is 40.5 Å². The average Bonchev–Trinajstić information content (AvgIpc) is 2.31. The Labute approximate surface area is 97.5 Å². The molecule has 1 aromatic carbocycles. The second-order valence-electron chi connectivity index (χ2n) is 3.07. The van der Waals surface area contributed by atoms with Crippen LogP contribution in [-0.2, 0) is 0 Å². The summed E-state index contributed by atoms with van der Waals surface area (Å²) in [6.07, 6.45) is -5.98. The van der Waals surface area contributed by atoms with Gasteiger partial charge in [0, 0.05) is 0 Å². The summed E-state index contributed by atoms with van der Waals surface area (Å²) in [7, 11) is 0. The molecular weight excluding hydrogens is 298 g/mol. The highest BCUT2D eigenvalue weighted by molar-refractivity contribution is 5.63. The number of hydrogen-bond donors (Lipinski definition) is 0. The largest absolute Gasteiger partial charge is 0.445 e. The van der Waals surface area contributed by atoms with Crippen molar-refractivity contribution in [2.24, 2.45) is 0 Å². The lowest BCUT2D eigenvalue weighted by atomic mass is 10.1. The van der Waals surface area contributed by atoms with Crippen LogP contribution < -0.4 is 0 Å². The van der Waals surface area contributed by atoms with Gasteiger partial charge < -0.3 is 0 Å². The van der Waals surface area contributed by atoms with Crippen molar-refractivity contribution >= 4 is 5.83 Å². The van der Waals surface area contributed by atoms with Gasteiger partial charge in [0.2, 0.25) is 11.6 Å². The summed E-state index contributed by atoms with van der Waals surface area (Å²) in [4.78, 5) is 0. The third-order valence-electron chi connectivity index (χ3n) is 1.87. The molecule has 106 valence electrons. The summed E-state index contributed by atoms with van der Waals surface area (Å²) in [6, 6.07) is 0. The maximum absolute atomic E-state index is 12.9. The minimum absolute atomic E-state index is 2.62. The molecule has 0 saturated carbocycles. The third kappa shape index (κ3) is 2.51. The molecule has 0 N–H and O–H groups in total. The molecule has 0 bridgehead atoms. The van der Waals surface area contributed by atoms with Crippen LogP contribution in [-0.4, -0.2) is 6.18 Å². The van der Waals surface area contributed by atoms with E-state index in [9.17, 15) is 43.9 Å². The number of allylic oxidation sites excluding steroid dienone is 1. The third-order valence-corrected chi connectivity index (χ3v) is 1.87. The Morgan fingerprint density at radius 2 is 0.947 bits per heavy atom. The number of halogens is 10. The van der Waals surface area contributed by atoms with E-state index < -0.39 is 52.5 Å². The van der Waals surface area contributed by atoms with Gasteiger partial charge in [-0.2, -0.15) is 17.6 Å². The van der Waals surface area contributed by atoms with Crippen LogP contribution in [0.3, 0.4) is 0 Å². The zero-order valence-electron chi connectivity index (χ0n) is 8.28. The van der Waals surface area contributed by atoms with Crippen LogP contribution in [0.25, 0.3) is 5.83 Å². The van der Waals surface area contributed by atoms with E-state index in [-0.39, 0.29) is 0 Å². The Hall–Kier alpha value is -1.74. The fourth-order valence-corrected chi connectivity index (χ4v) is 1.03. The molecular formula is C9F10. The highest BCUT2D eigenvalue weighted by atomic mass is 19.4. The molecule has 0 aliphatic heterocycles. The minimum atomic E-state index is -5.98. The standard InChI is InChI=1S/C9F10/c10-2-1(4(12)8(16)9(17,18)19)3(11)6(14)7(15)5(2)13. The van der Waals surface area contributed by atoms with Gasteiger partial charge in [0.25, 0.3) is 0 Å². The maximum atomic E-state index is 12.9. The molecule has 0 spiro atoms. The van der Waals surface area contributed by atoms with Crippen molar-refractivity contribution in [1.29, 1.82) is 0 Å². The first-order valence-corrected chi connectivity index (χ1v) is 4.14. The Balaban J connectivity index is 3.71. The maximum Gasteiger partial charge on any atom is 0.445 e. The van der Waals surface area contributed by atoms with Crippen LogP contribution in [0, 0.1) is 29.1 Å². The number of benzene rings is 1. The predicted molar refractivity (Wildman–Crippen MR) is 41.4 cm³/mol. The number of rotatable bonds is 1. The zero-order chi connectivity index (χ0) is 15.1. The van der Waals surface area contributed by atoms with E-state index in [1.807, 2.05) is 0 Å². The van der Waals surface area contributed by atoms with E-state index >= 15 is 0 Å². The van der Waals surface area contributed by atoms with Crippen molar-refractivity contribution in [3.8, 4) is 0 Å². The van der Waals surface area contributed by atoms with Gasteiger partial charge in [0.15, 0.2) is 29.1 Å². The first kappa shape index (κ1) is 15.3. The highest BCUT2D eigenvalue weighted by Crippen LogP contribution is 2.37. The van der Waals surface area contributed by atoms with E-state index in [1.54, 1.807) is 0 Å². The molecule has 0 amide bonds. The van der Waals surface area contributed by atoms with Gasteiger partial charge in [-0.05, 0) is 0 Å². The molecule has 0 heterocycles. The summed E-state index contributed by atoms with van der Waals surface area (Å²) >= 11 is 0. The van der Waals surface area contributed by atoms with E-state index in [4.69, 9.17) is 0 Å². The molecule has 0 radical (unpaired) electrons. The molecule has 0 aromatic heterocycles. The van der Waals surface area contributed by atoms with Gasteiger partial charge in [-0.1, -0.05) is 0 Å². The van der Waals surface area contributed by atoms with Gasteiger partial charge in [-0.3, -0.25) is 0 Å². The Morgan fingerprint density at radius 3 is 1.26 bits per heavy atom. The average molecular weight is 298 g/mol. The van der Waals surface area contributed by atoms with Crippen LogP contribution in [0.2, 0.25) is 0 Å². The highest BCUT2D eigenvalue weighted by Gasteiger charge is 2.41. The van der Waals surface area contributed by atoms with Crippen molar-refractivity contribution < 1.29 is 43.9 Å². The zero-order valence-corrected chi connectivity index (χ0v) is 8.28. The van der Waals surface area contributed by atoms with Crippen LogP contribution in [0.1, 0.15) is 5.56 Å². The molecule has 0 unspecified atom stereocenters. The van der Waals surface area contributed by atoms with Crippen molar-refractivity contribution in [2.45, 2.75) is 6.18 Å². The smallest absolute Gasteiger partial charge is 0.203 e. The second kappa shape index (κ2) is 4.74. The SMILES string of the molecule is FC(=C(F)C(F)(F)F)c1c(F)c(F)c(F)c(F)c1F. The van der Waals surface area contributed by atoms with Gasteiger partial charge >= 0.3 is 6.18 Å². The molecule has 1 aromatic rings. The quantitative estimate of drug-likeness (QED) is 0.405. The molecule has 19 heavy (non-hydrogen) atoms. The summed E-state index contributed by atoms with van der Waals surface area (Å²) in [5.41, 5.74) is -2.62. The molecule has 0 aliphatic carbocycles. The van der Waals surface area contributed by atoms with Crippen molar-refractivity contribution in [1.82, 2.24) is 0 Å². The number of hydrogen-bond acceptors (Lipinski definition) is 0. The molecule has 10 heteroatoms. The van der Waals surface area contributed by atoms with Gasteiger partial charge in [0.1, 0.15) is 0 Å². The molecule has 0 atom stereocenters. The van der Waals surface area contributed by atoms with Gasteiger partial charge in [-0.15, -0.1) is 0 Å². The minimum Gasteiger partial charge on any atom is -0.203 e. The van der Waals surface area contributed by atoms with E-state index in [2.05, 4.69) is 0 Å². The van der Waals surface area contributed by atoms with Crippen LogP contribution in [0.15, 0.2) is 5.83 Å². The Kier molecular flexibility index (Phi) is 3.82. The molecule has 0 fully saturated rings. The lowest BCUT2D eigenvalue weighted by Gasteiger charge is -2.09. The summed E-state index contributed by atoms with van der Waals surface area (Å²) < 4.78 is 124. The lowest BCUT2D eigenvalue weighted by molar-refractivity contribution is -0.108. The summed E-state index contributed by atoms with van der Waals surface area (Å²) in [6.45, 7) is 0. The number of alkyl halides is 3. The second-order valence-corrected chi connectivity index (χ2v) is 3.07. The lowest BCUT2D eigenvalue weighted by Crippen LogP contribution is -2.12. The van der Waals surface area contributed by atoms with E-state index in [1.165, 1.54) is 0 Å². The van der Waals surface area contributed by atoms with Crippen LogP contribution >= 0.6 is 0 Å². The fraction of sp³-hybridized carbons (Fsp3) is 0.111. The monoisotopic (exact) mass is 298 g/mol. The molecule has 0 saturated heterocycles. The Bertz CT molecular complexity index is 524. The van der Waals surface area contributed by atoms with E-state index in [0.717, 1.165) is 0 Å². The van der Waals surface area contributed by atoms with Crippen molar-refractivity contribution in [3.63, 3.8) is 0 Å². The van der Waals surface area contributed by atoms with Gasteiger partial charge in [0.05, 0.1) is 5.56 Å².